The summed E-state index contributed by atoms with van der Waals surface area (Å²) in [6, 6.07) is 15.4. The number of carbonyl (C=O) groups excluding carboxylic acids is 2. The smallest absolute Gasteiger partial charge is 0.342 e. The Balaban J connectivity index is 1.05. The molecule has 4 aromatic heterocycles. The molecule has 0 bridgehead atoms. The van der Waals surface area contributed by atoms with Gasteiger partial charge >= 0.3 is 27.0 Å². The second-order valence-electron chi connectivity index (χ2n) is 16.2. The monoisotopic (exact) mass is 964 g/mol. The molecule has 6 aromatic rings. The first-order valence-corrected chi connectivity index (χ1v) is 25.3. The summed E-state index contributed by atoms with van der Waals surface area (Å²) < 4.78 is 66.2. The zero-order valence-electron chi connectivity index (χ0n) is 38.6. The van der Waals surface area contributed by atoms with Crippen LogP contribution in [0.15, 0.2) is 86.0 Å². The number of anilines is 2. The van der Waals surface area contributed by atoms with Crippen LogP contribution in [-0.2, 0) is 50.8 Å². The van der Waals surface area contributed by atoms with E-state index in [-0.39, 0.29) is 31.6 Å². The van der Waals surface area contributed by atoms with E-state index in [1.807, 2.05) is 26.0 Å². The van der Waals surface area contributed by atoms with Crippen molar-refractivity contribution in [2.45, 2.75) is 105 Å². The first-order chi connectivity index (χ1) is 32.0. The largest absolute Gasteiger partial charge is 0.462 e. The molecule has 0 saturated carbocycles. The van der Waals surface area contributed by atoms with Gasteiger partial charge in [0.05, 0.1) is 56.8 Å². The van der Waals surface area contributed by atoms with Crippen molar-refractivity contribution in [3.63, 3.8) is 0 Å². The molecule has 0 fully saturated rings. The Morgan fingerprint density at radius 3 is 1.33 bits per heavy atom. The molecule has 0 saturated heterocycles. The third-order valence-corrected chi connectivity index (χ3v) is 13.0. The summed E-state index contributed by atoms with van der Waals surface area (Å²) in [6.07, 6.45) is 3.70. The van der Waals surface area contributed by atoms with Gasteiger partial charge < -0.3 is 47.8 Å². The number of aromatic nitrogens is 8. The normalized spacial score (nSPS) is 15.3. The van der Waals surface area contributed by atoms with Crippen LogP contribution in [0.3, 0.4) is 0 Å². The molecule has 6 atom stereocenters. The van der Waals surface area contributed by atoms with Crippen molar-refractivity contribution in [1.29, 1.82) is 0 Å². The van der Waals surface area contributed by atoms with Crippen molar-refractivity contribution in [1.82, 2.24) is 49.2 Å². The van der Waals surface area contributed by atoms with Gasteiger partial charge in [-0.1, -0.05) is 36.4 Å². The molecule has 0 aliphatic carbocycles. The van der Waals surface area contributed by atoms with Gasteiger partial charge in [0, 0.05) is 0 Å². The molecule has 24 heteroatoms. The molecule has 0 aliphatic heterocycles. The first-order valence-electron chi connectivity index (χ1n) is 21.7. The van der Waals surface area contributed by atoms with Gasteiger partial charge in [0.1, 0.15) is 60.0 Å². The summed E-state index contributed by atoms with van der Waals surface area (Å²) in [5.41, 5.74) is 2.06. The van der Waals surface area contributed by atoms with Crippen molar-refractivity contribution in [2.24, 2.45) is 0 Å². The van der Waals surface area contributed by atoms with Crippen LogP contribution in [0, 0.1) is 0 Å². The molecule has 22 nitrogen and oxygen atoms in total. The van der Waals surface area contributed by atoms with Gasteiger partial charge in [-0.15, -0.1) is 0 Å². The van der Waals surface area contributed by atoms with Gasteiger partial charge in [0.15, 0.2) is 22.9 Å². The first kappa shape index (κ1) is 50.4. The van der Waals surface area contributed by atoms with E-state index in [0.717, 1.165) is 0 Å². The van der Waals surface area contributed by atoms with Crippen LogP contribution in [0.25, 0.3) is 22.3 Å². The number of esters is 2. The predicted octanol–water partition coefficient (Wildman–Crippen LogP) is 6.58. The second kappa shape index (κ2) is 23.1. The van der Waals surface area contributed by atoms with Gasteiger partial charge in [-0.2, -0.15) is 0 Å². The molecule has 0 amide bonds. The van der Waals surface area contributed by atoms with E-state index in [4.69, 9.17) is 28.0 Å². The van der Waals surface area contributed by atoms with E-state index < -0.39 is 51.3 Å². The summed E-state index contributed by atoms with van der Waals surface area (Å²) in [4.78, 5) is 52.0. The number of hydrogen-bond acceptors (Lipinski definition) is 18. The number of fused-ring (bicyclic) bond motifs is 2. The maximum absolute atomic E-state index is 14.1. The summed E-state index contributed by atoms with van der Waals surface area (Å²) in [7, 11) is -7.54. The number of ether oxygens (including phenoxy) is 4. The minimum absolute atomic E-state index is 0.177. The lowest BCUT2D eigenvalue weighted by Gasteiger charge is -2.25. The summed E-state index contributed by atoms with van der Waals surface area (Å²) in [5, 5.41) is 12.1. The Bertz CT molecular complexity index is 2480. The van der Waals surface area contributed by atoms with Crippen LogP contribution in [0.1, 0.15) is 55.4 Å². The van der Waals surface area contributed by atoms with Gasteiger partial charge in [-0.25, -0.2) is 40.1 Å². The zero-order valence-corrected chi connectivity index (χ0v) is 40.4. The third kappa shape index (κ3) is 14.5. The summed E-state index contributed by atoms with van der Waals surface area (Å²) in [6.45, 7) is 14.4. The van der Waals surface area contributed by atoms with E-state index in [2.05, 4.69) is 50.7 Å². The molecule has 67 heavy (non-hydrogen) atoms. The van der Waals surface area contributed by atoms with Crippen LogP contribution in [0.5, 0.6) is 11.5 Å². The van der Waals surface area contributed by atoms with Crippen molar-refractivity contribution in [3.05, 3.63) is 86.0 Å². The molecule has 4 heterocycles. The fourth-order valence-electron chi connectivity index (χ4n) is 6.46. The highest BCUT2D eigenvalue weighted by Gasteiger charge is 2.33. The Morgan fingerprint density at radius 1 is 0.567 bits per heavy atom. The number of imidazole rings is 2. The molecule has 0 spiro atoms. The number of rotatable bonds is 26. The molecule has 4 N–H and O–H groups in total. The fraction of sp³-hybridized carbons (Fsp3) is 0.442. The van der Waals surface area contributed by atoms with E-state index in [1.165, 1.54) is 12.7 Å². The van der Waals surface area contributed by atoms with E-state index >= 15 is 0 Å². The van der Waals surface area contributed by atoms with Crippen LogP contribution in [0.2, 0.25) is 0 Å². The number of hydrogen-bond donors (Lipinski definition) is 4. The number of benzene rings is 2. The molecule has 360 valence electrons. The average molecular weight is 965 g/mol. The van der Waals surface area contributed by atoms with Crippen LogP contribution < -0.4 is 29.9 Å². The highest BCUT2D eigenvalue weighted by Crippen LogP contribution is 2.45. The van der Waals surface area contributed by atoms with Crippen LogP contribution in [0.4, 0.5) is 11.6 Å². The Morgan fingerprint density at radius 2 is 0.955 bits per heavy atom. The van der Waals surface area contributed by atoms with E-state index in [0.29, 0.717) is 58.6 Å². The van der Waals surface area contributed by atoms with Gasteiger partial charge in [-0.3, -0.25) is 18.7 Å². The maximum Gasteiger partial charge on any atom is 0.342 e. The molecular weight excluding hydrogens is 906 g/mol. The summed E-state index contributed by atoms with van der Waals surface area (Å²) in [5.74, 6) is 0.478. The van der Waals surface area contributed by atoms with Crippen LogP contribution >= 0.6 is 15.0 Å². The van der Waals surface area contributed by atoms with E-state index in [9.17, 15) is 18.7 Å². The lowest BCUT2D eigenvalue weighted by atomic mass is 10.3. The Kier molecular flexibility index (Phi) is 17.4. The number of para-hydroxylation sites is 2. The Labute approximate surface area is 388 Å². The predicted molar refractivity (Wildman–Crippen MR) is 251 cm³/mol. The maximum atomic E-state index is 14.1. The Hall–Kier alpha value is -6.02. The van der Waals surface area contributed by atoms with E-state index in [1.54, 1.807) is 112 Å². The molecule has 0 radical (unpaired) electrons. The highest BCUT2D eigenvalue weighted by molar-refractivity contribution is 7.57. The molecule has 6 rings (SSSR count). The SMILES string of the molecule is CC(C)OC(=O)C(C)NP(=O)(COC(C)Cn1cnc2c(NCNc3ncnc4c3ncn4CC(C)OCP(=O)(NC(C)C(=O)OC(C)C)Oc3ccccc3)ncnc21)Oc1ccccc1. The van der Waals surface area contributed by atoms with Crippen LogP contribution in [-0.4, -0.2) is 107 Å². The molecule has 0 aliphatic rings. The minimum Gasteiger partial charge on any atom is -0.462 e. The molecule has 6 unspecified atom stereocenters. The topological polar surface area (TPSA) is 259 Å². The quantitative estimate of drug-likeness (QED) is 0.0254. The molecule has 2 aromatic carbocycles. The number of nitrogens with zero attached hydrogens (tertiary/aromatic N) is 8. The van der Waals surface area contributed by atoms with Crippen molar-refractivity contribution < 1.29 is 46.7 Å². The zero-order chi connectivity index (χ0) is 48.1. The molecular formula is C43H58N12O10P2. The van der Waals surface area contributed by atoms with Crippen molar-refractivity contribution in [2.75, 3.05) is 30.0 Å². The standard InChI is InChI=1S/C43H58N12O10P2/c1-28(2)62-42(56)32(7)52-66(58,64-34-15-11-9-12-16-34)26-60-30(5)19-54-24-50-36-38(46-22-48-40(36)54)44-21-45-39-37-41(49-23-47-39)55(25-51-37)20-31(6)61-27-67(59,65-35-17-13-10-14-18-35)53-33(8)43(57)63-29(3)4/h9-18,22-25,28-33H,19-21,26-27H2,1-8H3,(H,52,58)(H,53,59)(H,44,46,48)(H,45,47,49). The number of carbonyl (C=O) groups is 2. The van der Waals surface area contributed by atoms with Crippen molar-refractivity contribution in [3.8, 4) is 11.5 Å². The summed E-state index contributed by atoms with van der Waals surface area (Å²) >= 11 is 0. The number of nitrogens with one attached hydrogen (secondary N) is 4. The van der Waals surface area contributed by atoms with Gasteiger partial charge in [-0.05, 0) is 79.7 Å². The second-order valence-corrected chi connectivity index (χ2v) is 20.2. The minimum atomic E-state index is -3.77. The highest BCUT2D eigenvalue weighted by atomic mass is 31.2. The van der Waals surface area contributed by atoms with Gasteiger partial charge in [0.2, 0.25) is 0 Å². The fourth-order valence-corrected chi connectivity index (χ4v) is 10.0. The van der Waals surface area contributed by atoms with Gasteiger partial charge in [0.25, 0.3) is 0 Å². The lowest BCUT2D eigenvalue weighted by molar-refractivity contribution is -0.149. The lowest BCUT2D eigenvalue weighted by Crippen LogP contribution is -2.37. The third-order valence-electron chi connectivity index (χ3n) is 9.46. The average Bonchev–Trinajstić information content (AvgIpc) is 3.89. The van der Waals surface area contributed by atoms with Crippen molar-refractivity contribution >= 4 is 60.9 Å².